The van der Waals surface area contributed by atoms with E-state index in [0.717, 1.165) is 43.4 Å². The monoisotopic (exact) mass is 481 g/mol. The minimum Gasteiger partial charge on any atom is -0.488 e. The second kappa shape index (κ2) is 9.56. The van der Waals surface area contributed by atoms with E-state index < -0.39 is 11.8 Å². The number of nitrogens with zero attached hydrogens (tertiary/aromatic N) is 1. The SMILES string of the molecule is Cc1c(F)c(C(=O)O)cc(C2CC2)c1OC1CCCN([C@@H](CO)c2cc(Cl)cc(Cl)c2)C1. The van der Waals surface area contributed by atoms with Crippen LogP contribution in [-0.4, -0.2) is 46.9 Å². The molecular formula is C24H26Cl2FNO4. The number of aliphatic hydroxyl groups excluding tert-OH is 1. The molecule has 0 bridgehead atoms. The van der Waals surface area contributed by atoms with Gasteiger partial charge in [-0.1, -0.05) is 23.2 Å². The Balaban J connectivity index is 1.58. The van der Waals surface area contributed by atoms with E-state index in [-0.39, 0.29) is 35.8 Å². The summed E-state index contributed by atoms with van der Waals surface area (Å²) in [6.07, 6.45) is 3.32. The van der Waals surface area contributed by atoms with Crippen LogP contribution in [0.4, 0.5) is 4.39 Å². The van der Waals surface area contributed by atoms with Crippen molar-refractivity contribution < 1.29 is 24.1 Å². The van der Waals surface area contributed by atoms with Crippen molar-refractivity contribution in [3.05, 3.63) is 62.4 Å². The van der Waals surface area contributed by atoms with E-state index in [1.165, 1.54) is 6.07 Å². The van der Waals surface area contributed by atoms with Crippen molar-refractivity contribution in [3.8, 4) is 5.75 Å². The Bertz CT molecular complexity index is 1010. The second-order valence-electron chi connectivity index (χ2n) is 8.64. The van der Waals surface area contributed by atoms with Crippen LogP contribution in [0.25, 0.3) is 0 Å². The van der Waals surface area contributed by atoms with Crippen molar-refractivity contribution in [2.45, 2.75) is 50.7 Å². The molecule has 1 saturated carbocycles. The number of benzene rings is 2. The van der Waals surface area contributed by atoms with Gasteiger partial charge in [-0.05, 0) is 80.5 Å². The molecule has 0 spiro atoms. The zero-order valence-corrected chi connectivity index (χ0v) is 19.3. The minimum absolute atomic E-state index is 0.0995. The number of ether oxygens (including phenoxy) is 1. The minimum atomic E-state index is -1.27. The zero-order chi connectivity index (χ0) is 23.0. The highest BCUT2D eigenvalue weighted by atomic mass is 35.5. The molecule has 2 aromatic carbocycles. The van der Waals surface area contributed by atoms with Gasteiger partial charge in [-0.2, -0.15) is 0 Å². The van der Waals surface area contributed by atoms with E-state index in [1.807, 2.05) is 0 Å². The molecule has 0 amide bonds. The van der Waals surface area contributed by atoms with Crippen LogP contribution in [-0.2, 0) is 0 Å². The summed E-state index contributed by atoms with van der Waals surface area (Å²) in [5, 5.41) is 20.5. The first-order valence-corrected chi connectivity index (χ1v) is 11.6. The number of hydrogen-bond acceptors (Lipinski definition) is 4. The molecule has 2 fully saturated rings. The Hall–Kier alpha value is -1.86. The van der Waals surface area contributed by atoms with E-state index in [4.69, 9.17) is 27.9 Å². The molecule has 2 aliphatic rings. The third kappa shape index (κ3) is 4.88. The number of carbonyl (C=O) groups is 1. The molecule has 0 aromatic heterocycles. The molecule has 1 heterocycles. The fourth-order valence-corrected chi connectivity index (χ4v) is 5.07. The smallest absolute Gasteiger partial charge is 0.338 e. The van der Waals surface area contributed by atoms with Crippen molar-refractivity contribution in [3.63, 3.8) is 0 Å². The number of likely N-dealkylation sites (tertiary alicyclic amines) is 1. The maximum atomic E-state index is 14.8. The Morgan fingerprint density at radius 2 is 1.91 bits per heavy atom. The van der Waals surface area contributed by atoms with Crippen molar-refractivity contribution >= 4 is 29.2 Å². The van der Waals surface area contributed by atoms with Gasteiger partial charge in [0.2, 0.25) is 0 Å². The van der Waals surface area contributed by atoms with E-state index in [2.05, 4.69) is 4.90 Å². The van der Waals surface area contributed by atoms with Crippen LogP contribution in [0.1, 0.15) is 64.7 Å². The molecule has 0 radical (unpaired) electrons. The summed E-state index contributed by atoms with van der Waals surface area (Å²) in [6.45, 7) is 2.79. The number of carboxylic acids is 1. The van der Waals surface area contributed by atoms with Crippen LogP contribution in [0.15, 0.2) is 24.3 Å². The van der Waals surface area contributed by atoms with E-state index in [0.29, 0.717) is 22.3 Å². The molecule has 2 aromatic rings. The standard InChI is InChI=1S/C24H26Cl2FNO4/c1-13-22(27)20(24(30)31)10-19(14-4-5-14)23(13)32-18-3-2-6-28(11-18)21(12-29)15-7-16(25)9-17(26)8-15/h7-10,14,18,21,29H,2-6,11-12H2,1H3,(H,30,31)/t18?,21-/m0/s1. The van der Waals surface area contributed by atoms with Crippen LogP contribution in [0.2, 0.25) is 10.0 Å². The molecule has 1 aliphatic heterocycles. The summed E-state index contributed by atoms with van der Waals surface area (Å²) in [4.78, 5) is 13.6. The van der Waals surface area contributed by atoms with E-state index >= 15 is 0 Å². The highest BCUT2D eigenvalue weighted by Crippen LogP contribution is 2.47. The van der Waals surface area contributed by atoms with Crippen molar-refractivity contribution in [1.29, 1.82) is 0 Å². The quantitative estimate of drug-likeness (QED) is 0.538. The van der Waals surface area contributed by atoms with Gasteiger partial charge in [0.1, 0.15) is 17.7 Å². The molecule has 2 atom stereocenters. The average Bonchev–Trinajstić information content (AvgIpc) is 3.57. The first-order chi connectivity index (χ1) is 15.3. The predicted octanol–water partition coefficient (Wildman–Crippen LogP) is 5.59. The predicted molar refractivity (Wildman–Crippen MR) is 122 cm³/mol. The van der Waals surface area contributed by atoms with Gasteiger partial charge in [-0.3, -0.25) is 4.90 Å². The van der Waals surface area contributed by atoms with Crippen molar-refractivity contribution in [1.82, 2.24) is 4.90 Å². The van der Waals surface area contributed by atoms with Gasteiger partial charge in [-0.15, -0.1) is 0 Å². The molecule has 2 N–H and O–H groups in total. The Kier molecular flexibility index (Phi) is 6.96. The van der Waals surface area contributed by atoms with E-state index in [9.17, 15) is 19.4 Å². The summed E-state index contributed by atoms with van der Waals surface area (Å²) < 4.78 is 21.1. The molecular weight excluding hydrogens is 456 g/mol. The summed E-state index contributed by atoms with van der Waals surface area (Å²) >= 11 is 12.3. The van der Waals surface area contributed by atoms with Gasteiger partial charge in [0.25, 0.3) is 0 Å². The lowest BCUT2D eigenvalue weighted by Gasteiger charge is -2.38. The third-order valence-electron chi connectivity index (χ3n) is 6.29. The number of halogens is 3. The normalized spacial score (nSPS) is 20.2. The number of piperidine rings is 1. The number of aliphatic hydroxyl groups is 1. The third-order valence-corrected chi connectivity index (χ3v) is 6.73. The van der Waals surface area contributed by atoms with Crippen LogP contribution in [0.3, 0.4) is 0 Å². The first kappa shape index (κ1) is 23.3. The van der Waals surface area contributed by atoms with Crippen LogP contribution < -0.4 is 4.74 Å². The Labute approximate surface area is 196 Å². The van der Waals surface area contributed by atoms with Crippen LogP contribution in [0.5, 0.6) is 5.75 Å². The van der Waals surface area contributed by atoms with E-state index in [1.54, 1.807) is 25.1 Å². The van der Waals surface area contributed by atoms with Gasteiger partial charge in [0.15, 0.2) is 0 Å². The topological polar surface area (TPSA) is 70.0 Å². The first-order valence-electron chi connectivity index (χ1n) is 10.8. The molecule has 4 rings (SSSR count). The van der Waals surface area contributed by atoms with Crippen molar-refractivity contribution in [2.24, 2.45) is 0 Å². The summed E-state index contributed by atoms with van der Waals surface area (Å²) in [5.41, 5.74) is 1.54. The van der Waals surface area contributed by atoms with Gasteiger partial charge < -0.3 is 14.9 Å². The summed E-state index contributed by atoms with van der Waals surface area (Å²) in [7, 11) is 0. The lowest BCUT2D eigenvalue weighted by Crippen LogP contribution is -2.44. The molecule has 1 aliphatic carbocycles. The molecule has 5 nitrogen and oxygen atoms in total. The number of hydrogen-bond donors (Lipinski definition) is 2. The Morgan fingerprint density at radius 3 is 2.50 bits per heavy atom. The number of rotatable bonds is 7. The molecule has 8 heteroatoms. The number of carboxylic acid groups (broad SMARTS) is 1. The summed E-state index contributed by atoms with van der Waals surface area (Å²) in [6, 6.07) is 6.40. The zero-order valence-electron chi connectivity index (χ0n) is 17.8. The lowest BCUT2D eigenvalue weighted by atomic mass is 9.99. The van der Waals surface area contributed by atoms with Crippen molar-refractivity contribution in [2.75, 3.05) is 19.7 Å². The molecule has 1 unspecified atom stereocenters. The fourth-order valence-electron chi connectivity index (χ4n) is 4.52. The fraction of sp³-hybridized carbons (Fsp3) is 0.458. The maximum Gasteiger partial charge on any atom is 0.338 e. The average molecular weight is 482 g/mol. The number of aromatic carboxylic acids is 1. The van der Waals surface area contributed by atoms with Gasteiger partial charge in [-0.25, -0.2) is 9.18 Å². The summed E-state index contributed by atoms with van der Waals surface area (Å²) in [5.74, 6) is -1.34. The second-order valence-corrected chi connectivity index (χ2v) is 9.51. The largest absolute Gasteiger partial charge is 0.488 e. The van der Waals surface area contributed by atoms with Crippen LogP contribution >= 0.6 is 23.2 Å². The highest BCUT2D eigenvalue weighted by Gasteiger charge is 2.34. The van der Waals surface area contributed by atoms with Gasteiger partial charge in [0.05, 0.1) is 18.2 Å². The molecule has 172 valence electrons. The highest BCUT2D eigenvalue weighted by molar-refractivity contribution is 6.34. The molecule has 32 heavy (non-hydrogen) atoms. The molecule has 1 saturated heterocycles. The van der Waals surface area contributed by atoms with Gasteiger partial charge >= 0.3 is 5.97 Å². The Morgan fingerprint density at radius 1 is 1.22 bits per heavy atom. The maximum absolute atomic E-state index is 14.8. The lowest BCUT2D eigenvalue weighted by molar-refractivity contribution is 0.0390. The van der Waals surface area contributed by atoms with Gasteiger partial charge in [0, 0.05) is 22.2 Å². The van der Waals surface area contributed by atoms with Crippen LogP contribution in [0, 0.1) is 12.7 Å².